The minimum Gasteiger partial charge on any atom is -0.496 e. The highest BCUT2D eigenvalue weighted by Crippen LogP contribution is 2.41. The van der Waals surface area contributed by atoms with Crippen LogP contribution in [0.15, 0.2) is 12.1 Å². The number of benzene rings is 1. The van der Waals surface area contributed by atoms with Crippen LogP contribution in [0.3, 0.4) is 0 Å². The summed E-state index contributed by atoms with van der Waals surface area (Å²) in [6, 6.07) is 4.62. The highest BCUT2D eigenvalue weighted by atomic mass is 16.5. The van der Waals surface area contributed by atoms with E-state index in [2.05, 4.69) is 60.6 Å². The molecule has 0 radical (unpaired) electrons. The van der Waals surface area contributed by atoms with Crippen LogP contribution in [0.2, 0.25) is 0 Å². The number of aryl methyl sites for hydroxylation is 2. The topological polar surface area (TPSA) is 9.23 Å². The number of methoxy groups -OCH3 is 1. The predicted octanol–water partition coefficient (Wildman–Crippen LogP) is 5.49. The first-order chi connectivity index (χ1) is 8.66. The zero-order valence-corrected chi connectivity index (χ0v) is 13.9. The van der Waals surface area contributed by atoms with Crippen LogP contribution in [-0.4, -0.2) is 7.11 Å². The largest absolute Gasteiger partial charge is 0.496 e. The molecule has 1 nitrogen and oxygen atoms in total. The minimum absolute atomic E-state index is 0.289. The number of hydrogen-bond acceptors (Lipinski definition) is 1. The van der Waals surface area contributed by atoms with Crippen LogP contribution in [0.25, 0.3) is 0 Å². The molecule has 1 aromatic rings. The molecule has 0 aliphatic heterocycles. The van der Waals surface area contributed by atoms with Gasteiger partial charge in [0.1, 0.15) is 5.75 Å². The van der Waals surface area contributed by atoms with E-state index in [0.29, 0.717) is 11.8 Å². The van der Waals surface area contributed by atoms with Crippen LogP contribution >= 0.6 is 0 Å². The van der Waals surface area contributed by atoms with Crippen molar-refractivity contribution >= 4 is 0 Å². The zero-order chi connectivity index (χ0) is 14.8. The summed E-state index contributed by atoms with van der Waals surface area (Å²) in [5.74, 6) is 2.34. The van der Waals surface area contributed by atoms with Crippen LogP contribution in [0.5, 0.6) is 5.75 Å². The first kappa shape index (κ1) is 16.1. The third-order valence-electron chi connectivity index (χ3n) is 3.84. The van der Waals surface area contributed by atoms with Crippen LogP contribution in [0.1, 0.15) is 63.6 Å². The van der Waals surface area contributed by atoms with Crippen molar-refractivity contribution in [2.75, 3.05) is 7.11 Å². The highest BCUT2D eigenvalue weighted by Gasteiger charge is 2.27. The highest BCUT2D eigenvalue weighted by molar-refractivity contribution is 5.44. The molecule has 19 heavy (non-hydrogen) atoms. The van der Waals surface area contributed by atoms with E-state index in [1.165, 1.54) is 23.1 Å². The fourth-order valence-corrected chi connectivity index (χ4v) is 2.97. The van der Waals surface area contributed by atoms with Gasteiger partial charge in [-0.05, 0) is 54.2 Å². The molecule has 1 aromatic carbocycles. The van der Waals surface area contributed by atoms with Crippen LogP contribution in [0.4, 0.5) is 0 Å². The molecule has 0 saturated heterocycles. The van der Waals surface area contributed by atoms with E-state index in [0.717, 1.165) is 5.75 Å². The maximum Gasteiger partial charge on any atom is 0.124 e. The first-order valence-corrected chi connectivity index (χ1v) is 7.32. The van der Waals surface area contributed by atoms with Crippen molar-refractivity contribution in [1.29, 1.82) is 0 Å². The summed E-state index contributed by atoms with van der Waals surface area (Å²) in [6.07, 6.45) is 1.23. The first-order valence-electron chi connectivity index (χ1n) is 7.32. The minimum atomic E-state index is 0.289. The lowest BCUT2D eigenvalue weighted by Crippen LogP contribution is -2.20. The van der Waals surface area contributed by atoms with Gasteiger partial charge in [-0.15, -0.1) is 0 Å². The van der Waals surface area contributed by atoms with Gasteiger partial charge in [0.15, 0.2) is 0 Å². The van der Waals surface area contributed by atoms with Crippen molar-refractivity contribution in [2.45, 2.75) is 60.8 Å². The summed E-state index contributed by atoms with van der Waals surface area (Å²) in [6.45, 7) is 15.9. The lowest BCUT2D eigenvalue weighted by molar-refractivity contribution is 0.279. The molecular weight excluding hydrogens is 232 g/mol. The molecule has 0 amide bonds. The summed E-state index contributed by atoms with van der Waals surface area (Å²) in [4.78, 5) is 0. The molecule has 108 valence electrons. The molecular formula is C18H30O. The van der Waals surface area contributed by atoms with E-state index >= 15 is 0 Å². The van der Waals surface area contributed by atoms with Gasteiger partial charge in [0.2, 0.25) is 0 Å². The van der Waals surface area contributed by atoms with E-state index in [-0.39, 0.29) is 5.41 Å². The van der Waals surface area contributed by atoms with Gasteiger partial charge in [-0.25, -0.2) is 0 Å². The number of rotatable bonds is 4. The van der Waals surface area contributed by atoms with E-state index in [4.69, 9.17) is 4.74 Å². The fraction of sp³-hybridized carbons (Fsp3) is 0.667. The summed E-state index contributed by atoms with van der Waals surface area (Å²) >= 11 is 0. The number of ether oxygens (including phenoxy) is 1. The molecule has 0 N–H and O–H groups in total. The molecule has 0 fully saturated rings. The second-order valence-corrected chi connectivity index (χ2v) is 7.24. The van der Waals surface area contributed by atoms with E-state index in [9.17, 15) is 0 Å². The summed E-state index contributed by atoms with van der Waals surface area (Å²) in [5, 5.41) is 0. The molecule has 0 heterocycles. The Morgan fingerprint density at radius 3 is 1.84 bits per heavy atom. The molecule has 1 heteroatoms. The maximum atomic E-state index is 5.48. The fourth-order valence-electron chi connectivity index (χ4n) is 2.97. The van der Waals surface area contributed by atoms with Gasteiger partial charge in [-0.1, -0.05) is 46.8 Å². The average molecular weight is 262 g/mol. The van der Waals surface area contributed by atoms with E-state index in [1.807, 2.05) is 0 Å². The van der Waals surface area contributed by atoms with Crippen molar-refractivity contribution < 1.29 is 4.74 Å². The third-order valence-corrected chi connectivity index (χ3v) is 3.84. The Labute approximate surface area is 119 Å². The summed E-state index contributed by atoms with van der Waals surface area (Å²) < 4.78 is 5.48. The Kier molecular flexibility index (Phi) is 5.06. The van der Waals surface area contributed by atoms with Gasteiger partial charge >= 0.3 is 0 Å². The maximum absolute atomic E-state index is 5.48. The van der Waals surface area contributed by atoms with Gasteiger partial charge in [-0.3, -0.25) is 0 Å². The molecule has 0 aliphatic carbocycles. The second kappa shape index (κ2) is 5.98. The SMILES string of the molecule is COc1c(C)cc(C(CC(C)C)C(C)(C)C)cc1C. The Morgan fingerprint density at radius 2 is 1.53 bits per heavy atom. The molecule has 0 saturated carbocycles. The van der Waals surface area contributed by atoms with Crippen LogP contribution in [0, 0.1) is 25.2 Å². The lowest BCUT2D eigenvalue weighted by atomic mass is 9.72. The van der Waals surface area contributed by atoms with Crippen LogP contribution < -0.4 is 4.74 Å². The molecule has 0 aromatic heterocycles. The van der Waals surface area contributed by atoms with Gasteiger partial charge in [0, 0.05) is 0 Å². The van der Waals surface area contributed by atoms with Crippen molar-refractivity contribution in [2.24, 2.45) is 11.3 Å². The quantitative estimate of drug-likeness (QED) is 0.697. The van der Waals surface area contributed by atoms with E-state index in [1.54, 1.807) is 7.11 Å². The lowest BCUT2D eigenvalue weighted by Gasteiger charge is -2.33. The molecule has 1 rings (SSSR count). The third kappa shape index (κ3) is 3.99. The summed E-state index contributed by atoms with van der Waals surface area (Å²) in [7, 11) is 1.75. The normalized spacial score (nSPS) is 13.7. The molecule has 1 atom stereocenters. The monoisotopic (exact) mass is 262 g/mol. The molecule has 1 unspecified atom stereocenters. The Hall–Kier alpha value is -0.980. The van der Waals surface area contributed by atoms with Gasteiger partial charge in [-0.2, -0.15) is 0 Å². The molecule has 0 spiro atoms. The van der Waals surface area contributed by atoms with Crippen molar-refractivity contribution in [1.82, 2.24) is 0 Å². The zero-order valence-electron chi connectivity index (χ0n) is 13.9. The van der Waals surface area contributed by atoms with Crippen LogP contribution in [-0.2, 0) is 0 Å². The Morgan fingerprint density at radius 1 is 1.05 bits per heavy atom. The van der Waals surface area contributed by atoms with Crippen molar-refractivity contribution in [3.05, 3.63) is 28.8 Å². The van der Waals surface area contributed by atoms with Gasteiger partial charge in [0.25, 0.3) is 0 Å². The standard InChI is InChI=1S/C18H30O/c1-12(2)9-16(18(5,6)7)15-10-13(3)17(19-8)14(4)11-15/h10-12,16H,9H2,1-8H3. The Balaban J connectivity index is 3.24. The smallest absolute Gasteiger partial charge is 0.124 e. The van der Waals surface area contributed by atoms with Gasteiger partial charge in [0.05, 0.1) is 7.11 Å². The molecule has 0 aliphatic rings. The predicted molar refractivity (Wildman–Crippen MR) is 84.1 cm³/mol. The van der Waals surface area contributed by atoms with Crippen molar-refractivity contribution in [3.63, 3.8) is 0 Å². The molecule has 0 bridgehead atoms. The number of hydrogen-bond donors (Lipinski definition) is 0. The Bertz CT molecular complexity index is 401. The average Bonchev–Trinajstić information content (AvgIpc) is 2.23. The second-order valence-electron chi connectivity index (χ2n) is 7.24. The van der Waals surface area contributed by atoms with Gasteiger partial charge < -0.3 is 4.74 Å². The van der Waals surface area contributed by atoms with E-state index < -0.39 is 0 Å². The summed E-state index contributed by atoms with van der Waals surface area (Å²) in [5.41, 5.74) is 4.24. The van der Waals surface area contributed by atoms with Crippen molar-refractivity contribution in [3.8, 4) is 5.75 Å².